The number of likely N-dealkylation sites (tertiary alicyclic amines) is 1. The number of aromatic amines is 1. The van der Waals surface area contributed by atoms with Crippen molar-refractivity contribution in [2.45, 2.75) is 31.6 Å². The molecule has 2 aromatic carbocycles. The van der Waals surface area contributed by atoms with E-state index in [0.717, 1.165) is 23.4 Å². The highest BCUT2D eigenvalue weighted by Gasteiger charge is 2.26. The Balaban J connectivity index is 1.10. The van der Waals surface area contributed by atoms with Crippen molar-refractivity contribution in [1.82, 2.24) is 25.3 Å². The highest BCUT2D eigenvalue weighted by molar-refractivity contribution is 7.10. The van der Waals surface area contributed by atoms with Crippen LogP contribution in [0.2, 0.25) is 0 Å². The molecular formula is C26H26N6O4S. The number of fused-ring (bicyclic) bond motifs is 1. The average Bonchev–Trinajstić information content (AvgIpc) is 3.62. The molecule has 2 aromatic heterocycles. The molecule has 4 aromatic rings. The summed E-state index contributed by atoms with van der Waals surface area (Å²) in [5.41, 5.74) is 2.97. The lowest BCUT2D eigenvalue weighted by atomic mass is 9.97. The van der Waals surface area contributed by atoms with Gasteiger partial charge >= 0.3 is 0 Å². The molecular weight excluding hydrogens is 492 g/mol. The summed E-state index contributed by atoms with van der Waals surface area (Å²) < 4.78 is 5.11. The Morgan fingerprint density at radius 2 is 1.81 bits per heavy atom. The number of benzene rings is 2. The standard InChI is InChI=1S/C26H26N6O4S/c1-36-19-5-2-16(3-6-19)23(33)8-9-24(34)32-12-10-17(11-13-32)26-28-22(15-37-26)25(35)27-18-4-7-20-21(14-18)30-31-29-20/h2-7,14-15,17H,8-13H2,1H3,(H,27,35)(H,29,30,31). The van der Waals surface area contributed by atoms with Crippen LogP contribution < -0.4 is 10.1 Å². The maximum absolute atomic E-state index is 12.7. The van der Waals surface area contributed by atoms with Crippen molar-refractivity contribution < 1.29 is 19.1 Å². The van der Waals surface area contributed by atoms with E-state index >= 15 is 0 Å². The Morgan fingerprint density at radius 1 is 1.05 bits per heavy atom. The molecule has 0 atom stereocenters. The SMILES string of the molecule is COc1ccc(C(=O)CCC(=O)N2CCC(c3nc(C(=O)Nc4ccc5n[nH]nc5c4)cs3)CC2)cc1. The minimum Gasteiger partial charge on any atom is -0.497 e. The number of Topliss-reactive ketones (excluding diaryl/α,β-unsaturated/α-hetero) is 1. The van der Waals surface area contributed by atoms with E-state index in [2.05, 4.69) is 25.7 Å². The van der Waals surface area contributed by atoms with E-state index in [1.54, 1.807) is 55.0 Å². The molecule has 2 N–H and O–H groups in total. The fourth-order valence-corrected chi connectivity index (χ4v) is 5.34. The highest BCUT2D eigenvalue weighted by Crippen LogP contribution is 2.31. The van der Waals surface area contributed by atoms with Crippen molar-refractivity contribution in [2.75, 3.05) is 25.5 Å². The van der Waals surface area contributed by atoms with Gasteiger partial charge in [0.1, 0.15) is 22.5 Å². The van der Waals surface area contributed by atoms with Crippen LogP contribution in [0.15, 0.2) is 47.8 Å². The van der Waals surface area contributed by atoms with Gasteiger partial charge in [-0.3, -0.25) is 14.4 Å². The Hall–Kier alpha value is -4.12. The molecule has 1 aliphatic heterocycles. The zero-order valence-corrected chi connectivity index (χ0v) is 21.1. The summed E-state index contributed by atoms with van der Waals surface area (Å²) in [6, 6.07) is 12.2. The summed E-state index contributed by atoms with van der Waals surface area (Å²) >= 11 is 1.47. The van der Waals surface area contributed by atoms with E-state index in [4.69, 9.17) is 4.74 Å². The van der Waals surface area contributed by atoms with E-state index < -0.39 is 0 Å². The molecule has 0 bridgehead atoms. The number of hydrogen-bond donors (Lipinski definition) is 2. The number of hydrogen-bond acceptors (Lipinski definition) is 8. The Kier molecular flexibility index (Phi) is 7.22. The number of thiazole rings is 1. The molecule has 190 valence electrons. The van der Waals surface area contributed by atoms with Crippen LogP contribution in [0.1, 0.15) is 57.5 Å². The topological polar surface area (TPSA) is 130 Å². The third-order valence-corrected chi connectivity index (χ3v) is 7.51. The van der Waals surface area contributed by atoms with Gasteiger partial charge in [0, 0.05) is 48.5 Å². The molecule has 1 fully saturated rings. The van der Waals surface area contributed by atoms with E-state index in [1.807, 2.05) is 4.90 Å². The molecule has 1 saturated heterocycles. The Morgan fingerprint density at radius 3 is 2.57 bits per heavy atom. The van der Waals surface area contributed by atoms with Crippen molar-refractivity contribution >= 4 is 45.7 Å². The zero-order valence-electron chi connectivity index (χ0n) is 20.3. The van der Waals surface area contributed by atoms with Crippen molar-refractivity contribution in [1.29, 1.82) is 0 Å². The third-order valence-electron chi connectivity index (χ3n) is 6.50. The summed E-state index contributed by atoms with van der Waals surface area (Å²) in [7, 11) is 1.58. The third kappa shape index (κ3) is 5.67. The van der Waals surface area contributed by atoms with Gasteiger partial charge in [-0.25, -0.2) is 4.98 Å². The van der Waals surface area contributed by atoms with Crippen LogP contribution >= 0.6 is 11.3 Å². The fraction of sp³-hybridized carbons (Fsp3) is 0.308. The quantitative estimate of drug-likeness (QED) is 0.337. The van der Waals surface area contributed by atoms with Crippen LogP contribution in [0, 0.1) is 0 Å². The first-order valence-electron chi connectivity index (χ1n) is 12.0. The van der Waals surface area contributed by atoms with E-state index in [1.165, 1.54) is 11.3 Å². The number of carbonyl (C=O) groups is 3. The monoisotopic (exact) mass is 518 g/mol. The van der Waals surface area contributed by atoms with Gasteiger partial charge in [0.2, 0.25) is 5.91 Å². The van der Waals surface area contributed by atoms with Gasteiger partial charge in [-0.15, -0.1) is 11.3 Å². The molecule has 0 spiro atoms. The molecule has 0 aliphatic carbocycles. The number of H-pyrrole nitrogens is 1. The second-order valence-corrected chi connectivity index (χ2v) is 9.75. The smallest absolute Gasteiger partial charge is 0.275 e. The number of ketones is 1. The number of amides is 2. The fourth-order valence-electron chi connectivity index (χ4n) is 4.37. The number of rotatable bonds is 8. The largest absolute Gasteiger partial charge is 0.497 e. The van der Waals surface area contributed by atoms with Crippen LogP contribution in [-0.4, -0.2) is 63.1 Å². The molecule has 10 nitrogen and oxygen atoms in total. The summed E-state index contributed by atoms with van der Waals surface area (Å²) in [5, 5.41) is 16.1. The molecule has 0 radical (unpaired) electrons. The lowest BCUT2D eigenvalue weighted by Crippen LogP contribution is -2.38. The number of nitrogens with zero attached hydrogens (tertiary/aromatic N) is 4. The van der Waals surface area contributed by atoms with Crippen molar-refractivity contribution in [3.8, 4) is 5.75 Å². The molecule has 0 unspecified atom stereocenters. The lowest BCUT2D eigenvalue weighted by Gasteiger charge is -2.31. The number of aromatic nitrogens is 4. The molecule has 3 heterocycles. The maximum Gasteiger partial charge on any atom is 0.275 e. The van der Waals surface area contributed by atoms with Crippen molar-refractivity contribution in [3.05, 3.63) is 64.1 Å². The first-order valence-corrected chi connectivity index (χ1v) is 12.9. The van der Waals surface area contributed by atoms with Gasteiger partial charge in [0.15, 0.2) is 5.78 Å². The predicted octanol–water partition coefficient (Wildman–Crippen LogP) is 4.04. The number of carbonyl (C=O) groups excluding carboxylic acids is 3. The summed E-state index contributed by atoms with van der Waals surface area (Å²) in [6.45, 7) is 1.22. The number of anilines is 1. The second-order valence-electron chi connectivity index (χ2n) is 8.86. The number of ether oxygens (including phenoxy) is 1. The summed E-state index contributed by atoms with van der Waals surface area (Å²) in [5.74, 6) is 0.541. The van der Waals surface area contributed by atoms with Gasteiger partial charge in [-0.2, -0.15) is 15.4 Å². The highest BCUT2D eigenvalue weighted by atomic mass is 32.1. The molecule has 11 heteroatoms. The van der Waals surface area contributed by atoms with Gasteiger partial charge in [0.05, 0.1) is 12.1 Å². The number of nitrogens with one attached hydrogen (secondary N) is 2. The van der Waals surface area contributed by atoms with Gasteiger partial charge in [-0.05, 0) is 55.3 Å². The molecule has 1 aliphatic rings. The lowest BCUT2D eigenvalue weighted by molar-refractivity contribution is -0.132. The predicted molar refractivity (Wildman–Crippen MR) is 139 cm³/mol. The van der Waals surface area contributed by atoms with E-state index in [9.17, 15) is 14.4 Å². The van der Waals surface area contributed by atoms with Crippen LogP contribution in [0.4, 0.5) is 5.69 Å². The molecule has 2 amide bonds. The first kappa shape index (κ1) is 24.6. The van der Waals surface area contributed by atoms with Crippen LogP contribution in [-0.2, 0) is 4.79 Å². The molecule has 0 saturated carbocycles. The number of piperidine rings is 1. The normalized spacial score (nSPS) is 14.0. The number of methoxy groups -OCH3 is 1. The molecule has 37 heavy (non-hydrogen) atoms. The van der Waals surface area contributed by atoms with E-state index in [0.29, 0.717) is 41.3 Å². The Labute approximate surface area is 217 Å². The van der Waals surface area contributed by atoms with Gasteiger partial charge in [0.25, 0.3) is 5.91 Å². The van der Waals surface area contributed by atoms with E-state index in [-0.39, 0.29) is 36.4 Å². The van der Waals surface area contributed by atoms with Crippen molar-refractivity contribution in [3.63, 3.8) is 0 Å². The minimum absolute atomic E-state index is 0.0106. The van der Waals surface area contributed by atoms with Crippen LogP contribution in [0.25, 0.3) is 11.0 Å². The maximum atomic E-state index is 12.7. The van der Waals surface area contributed by atoms with Gasteiger partial charge in [-0.1, -0.05) is 0 Å². The summed E-state index contributed by atoms with van der Waals surface area (Å²) in [6.07, 6.45) is 1.92. The van der Waals surface area contributed by atoms with Crippen molar-refractivity contribution in [2.24, 2.45) is 0 Å². The Bertz CT molecular complexity index is 1420. The average molecular weight is 519 g/mol. The molecule has 5 rings (SSSR count). The summed E-state index contributed by atoms with van der Waals surface area (Å²) in [4.78, 5) is 44.2. The van der Waals surface area contributed by atoms with Gasteiger partial charge < -0.3 is 15.0 Å². The second kappa shape index (κ2) is 10.9. The first-order chi connectivity index (χ1) is 18.0. The minimum atomic E-state index is -0.278. The van der Waals surface area contributed by atoms with Crippen LogP contribution in [0.3, 0.4) is 0 Å². The zero-order chi connectivity index (χ0) is 25.8. The van der Waals surface area contributed by atoms with Crippen LogP contribution in [0.5, 0.6) is 5.75 Å².